The summed E-state index contributed by atoms with van der Waals surface area (Å²) in [6, 6.07) is 5.50. The maximum Gasteiger partial charge on any atom is 0.409 e. The molecule has 0 aliphatic carbocycles. The molecule has 1 aromatic carbocycles. The maximum absolute atomic E-state index is 12.4. The minimum absolute atomic E-state index is 0.197. The number of ether oxygens (including phenoxy) is 1. The molecule has 1 saturated heterocycles. The van der Waals surface area contributed by atoms with E-state index in [1.807, 2.05) is 18.2 Å². The second-order valence-corrected chi connectivity index (χ2v) is 5.43. The monoisotopic (exact) mass is 331 g/mol. The molecule has 0 radical (unpaired) electrons. The number of methoxy groups -OCH3 is 1. The van der Waals surface area contributed by atoms with Gasteiger partial charge in [-0.2, -0.15) is 0 Å². The summed E-state index contributed by atoms with van der Waals surface area (Å²) >= 11 is 0. The quantitative estimate of drug-likeness (QED) is 0.840. The Hall–Kier alpha value is -2.94. The number of nitrogen functional groups attached to an aromatic ring is 1. The van der Waals surface area contributed by atoms with Crippen molar-refractivity contribution in [1.29, 1.82) is 0 Å². The van der Waals surface area contributed by atoms with Crippen molar-refractivity contribution in [2.75, 3.05) is 25.9 Å². The minimum Gasteiger partial charge on any atom is -0.465 e. The first-order valence-corrected chi connectivity index (χ1v) is 7.31. The number of aromatic nitrogens is 2. The number of fused-ring (bicyclic) bond motifs is 1. The van der Waals surface area contributed by atoms with Gasteiger partial charge in [-0.3, -0.25) is 9.69 Å². The second-order valence-electron chi connectivity index (χ2n) is 5.43. The summed E-state index contributed by atoms with van der Waals surface area (Å²) in [6.07, 6.45) is -0.901. The van der Waals surface area contributed by atoms with Crippen LogP contribution < -0.4 is 5.73 Å². The van der Waals surface area contributed by atoms with Gasteiger partial charge in [-0.25, -0.2) is 14.8 Å². The Morgan fingerprint density at radius 3 is 2.92 bits per heavy atom. The Bertz CT molecular complexity index is 797. The van der Waals surface area contributed by atoms with Crippen LogP contribution in [0, 0.1) is 0 Å². The third kappa shape index (κ3) is 2.81. The van der Waals surface area contributed by atoms with Crippen LogP contribution in [0.3, 0.4) is 0 Å². The predicted molar refractivity (Wildman–Crippen MR) is 84.9 cm³/mol. The third-order valence-electron chi connectivity index (χ3n) is 3.99. The van der Waals surface area contributed by atoms with Crippen molar-refractivity contribution >= 4 is 28.7 Å². The van der Waals surface area contributed by atoms with Crippen LogP contribution in [-0.2, 0) is 16.1 Å². The number of nitrogens with two attached hydrogens (primary N) is 1. The normalized spacial score (nSPS) is 18.2. The Morgan fingerprint density at radius 2 is 2.21 bits per heavy atom. The molecule has 1 unspecified atom stereocenters. The summed E-state index contributed by atoms with van der Waals surface area (Å²) < 4.78 is 5.05. The van der Waals surface area contributed by atoms with Crippen LogP contribution in [-0.4, -0.2) is 63.3 Å². The van der Waals surface area contributed by atoms with Gasteiger partial charge in [0.2, 0.25) is 6.23 Å². The van der Waals surface area contributed by atoms with E-state index in [2.05, 4.69) is 9.97 Å². The molecule has 126 valence electrons. The van der Waals surface area contributed by atoms with Crippen molar-refractivity contribution in [3.63, 3.8) is 0 Å². The maximum atomic E-state index is 12.4. The summed E-state index contributed by atoms with van der Waals surface area (Å²) in [5.41, 5.74) is 7.36. The smallest absolute Gasteiger partial charge is 0.409 e. The van der Waals surface area contributed by atoms with Gasteiger partial charge in [0.1, 0.15) is 12.1 Å². The van der Waals surface area contributed by atoms with Crippen LogP contribution in [0.1, 0.15) is 5.56 Å². The molecule has 2 amide bonds. The van der Waals surface area contributed by atoms with Gasteiger partial charge in [0, 0.05) is 32.1 Å². The van der Waals surface area contributed by atoms with Crippen molar-refractivity contribution in [3.05, 3.63) is 30.1 Å². The molecule has 1 aliphatic rings. The zero-order valence-corrected chi connectivity index (χ0v) is 13.0. The lowest BCUT2D eigenvalue weighted by Gasteiger charge is -2.38. The molecule has 0 bridgehead atoms. The van der Waals surface area contributed by atoms with Gasteiger partial charge in [-0.15, -0.1) is 0 Å². The largest absolute Gasteiger partial charge is 0.465 e. The van der Waals surface area contributed by atoms with E-state index in [1.165, 1.54) is 13.4 Å². The number of piperazine rings is 1. The number of benzene rings is 1. The van der Waals surface area contributed by atoms with Crippen LogP contribution in [0.25, 0.3) is 10.9 Å². The summed E-state index contributed by atoms with van der Waals surface area (Å²) in [4.78, 5) is 34.3. The highest BCUT2D eigenvalue weighted by Crippen LogP contribution is 2.20. The number of nitrogens with zero attached hydrogens (tertiary/aromatic N) is 4. The van der Waals surface area contributed by atoms with Crippen LogP contribution >= 0.6 is 0 Å². The van der Waals surface area contributed by atoms with E-state index < -0.39 is 12.3 Å². The molecular formula is C15H17N5O4. The fourth-order valence-corrected chi connectivity index (χ4v) is 2.77. The number of rotatable bonds is 3. The fourth-order valence-electron chi connectivity index (χ4n) is 2.77. The van der Waals surface area contributed by atoms with E-state index >= 15 is 0 Å². The molecule has 3 rings (SSSR count). The molecule has 0 saturated carbocycles. The van der Waals surface area contributed by atoms with Crippen LogP contribution in [0.2, 0.25) is 0 Å². The number of hydrogen-bond acceptors (Lipinski definition) is 6. The first-order chi connectivity index (χ1) is 11.5. The molecule has 2 heterocycles. The number of carbonyl (C=O) groups excluding carboxylic acids is 1. The van der Waals surface area contributed by atoms with Gasteiger partial charge in [-0.05, 0) is 17.7 Å². The van der Waals surface area contributed by atoms with E-state index in [4.69, 9.17) is 15.6 Å². The van der Waals surface area contributed by atoms with Crippen molar-refractivity contribution in [3.8, 4) is 0 Å². The Morgan fingerprint density at radius 1 is 1.42 bits per heavy atom. The molecular weight excluding hydrogens is 314 g/mol. The zero-order chi connectivity index (χ0) is 17.3. The van der Waals surface area contributed by atoms with Gasteiger partial charge in [0.15, 0.2) is 0 Å². The highest BCUT2D eigenvalue weighted by Gasteiger charge is 2.37. The highest BCUT2D eigenvalue weighted by atomic mass is 16.5. The average Bonchev–Trinajstić information content (AvgIpc) is 2.56. The zero-order valence-electron chi connectivity index (χ0n) is 13.0. The van der Waals surface area contributed by atoms with Crippen molar-refractivity contribution in [1.82, 2.24) is 19.8 Å². The van der Waals surface area contributed by atoms with Crippen molar-refractivity contribution in [2.45, 2.75) is 12.8 Å². The molecule has 1 aromatic heterocycles. The Balaban J connectivity index is 1.81. The van der Waals surface area contributed by atoms with Crippen LogP contribution in [0.4, 0.5) is 10.6 Å². The van der Waals surface area contributed by atoms with E-state index in [0.717, 1.165) is 15.8 Å². The van der Waals surface area contributed by atoms with Gasteiger partial charge in [0.25, 0.3) is 5.91 Å². The highest BCUT2D eigenvalue weighted by molar-refractivity contribution is 5.88. The summed E-state index contributed by atoms with van der Waals surface area (Å²) in [6.45, 7) is 0.837. The van der Waals surface area contributed by atoms with E-state index in [0.29, 0.717) is 24.4 Å². The molecule has 9 nitrogen and oxygen atoms in total. The summed E-state index contributed by atoms with van der Waals surface area (Å²) in [7, 11) is 1.32. The molecule has 24 heavy (non-hydrogen) atoms. The number of hydrogen-bond donors (Lipinski definition) is 2. The number of anilines is 1. The average molecular weight is 331 g/mol. The van der Waals surface area contributed by atoms with E-state index in [1.54, 1.807) is 4.90 Å². The topological polar surface area (TPSA) is 122 Å². The summed E-state index contributed by atoms with van der Waals surface area (Å²) in [5.74, 6) is 0.0191. The standard InChI is InChI=1S/C15H17N5O4/c1-24-14-13(21)19(4-5-20(14)15(22)23)7-9-2-3-10-11(6-9)17-8-18-12(10)16/h2-3,6,8,14H,4-5,7H2,1H3,(H,22,23)(H2,16,17,18). The first kappa shape index (κ1) is 15.9. The lowest BCUT2D eigenvalue weighted by molar-refractivity contribution is -0.159. The molecule has 1 fully saturated rings. The van der Waals surface area contributed by atoms with Crippen molar-refractivity contribution in [2.24, 2.45) is 0 Å². The number of carbonyl (C=O) groups is 2. The van der Waals surface area contributed by atoms with Crippen LogP contribution in [0.15, 0.2) is 24.5 Å². The molecule has 3 N–H and O–H groups in total. The van der Waals surface area contributed by atoms with Crippen LogP contribution in [0.5, 0.6) is 0 Å². The van der Waals surface area contributed by atoms with Gasteiger partial charge in [0.05, 0.1) is 5.52 Å². The Labute approximate surface area is 137 Å². The Kier molecular flexibility index (Phi) is 4.17. The molecule has 2 aromatic rings. The lowest BCUT2D eigenvalue weighted by Crippen LogP contribution is -2.58. The van der Waals surface area contributed by atoms with Gasteiger partial charge >= 0.3 is 6.09 Å². The lowest BCUT2D eigenvalue weighted by atomic mass is 10.1. The minimum atomic E-state index is -1.17. The molecule has 0 spiro atoms. The number of carboxylic acid groups (broad SMARTS) is 1. The van der Waals surface area contributed by atoms with Gasteiger partial charge in [-0.1, -0.05) is 6.07 Å². The van der Waals surface area contributed by atoms with E-state index in [9.17, 15) is 9.59 Å². The fraction of sp³-hybridized carbons (Fsp3) is 0.333. The first-order valence-electron chi connectivity index (χ1n) is 7.31. The predicted octanol–water partition coefficient (Wildman–Crippen LogP) is 0.507. The summed E-state index contributed by atoms with van der Waals surface area (Å²) in [5, 5.41) is 9.88. The molecule has 9 heteroatoms. The van der Waals surface area contributed by atoms with E-state index in [-0.39, 0.29) is 12.5 Å². The number of amides is 2. The SMILES string of the molecule is COC1C(=O)N(Cc2ccc3c(N)ncnc3c2)CCN1C(=O)O. The molecule has 1 aliphatic heterocycles. The third-order valence-corrected chi connectivity index (χ3v) is 3.99. The molecule has 1 atom stereocenters. The van der Waals surface area contributed by atoms with Crippen molar-refractivity contribution < 1.29 is 19.4 Å². The second kappa shape index (κ2) is 6.28. The van der Waals surface area contributed by atoms with Gasteiger partial charge < -0.3 is 20.5 Å².